The van der Waals surface area contributed by atoms with Gasteiger partial charge in [0, 0.05) is 57.5 Å². The molecule has 4 rings (SSSR count). The summed E-state index contributed by atoms with van der Waals surface area (Å²) in [4.78, 5) is 41.8. The number of rotatable bonds is 6. The molecule has 3 saturated heterocycles. The van der Waals surface area contributed by atoms with Crippen LogP contribution >= 0.6 is 0 Å². The van der Waals surface area contributed by atoms with Crippen molar-refractivity contribution in [1.82, 2.24) is 20.4 Å². The Hall–Kier alpha value is -2.88. The molecule has 1 aromatic rings. The highest BCUT2D eigenvalue weighted by Crippen LogP contribution is 2.41. The number of anilines is 1. The maximum Gasteiger partial charge on any atom is 0.405 e. The Morgan fingerprint density at radius 1 is 1.09 bits per heavy atom. The summed E-state index contributed by atoms with van der Waals surface area (Å²) >= 11 is 0. The van der Waals surface area contributed by atoms with Crippen LogP contribution < -0.4 is 15.5 Å². The van der Waals surface area contributed by atoms with Crippen LogP contribution in [0.4, 0.5) is 14.9 Å². The van der Waals surface area contributed by atoms with E-state index < -0.39 is 11.5 Å². The van der Waals surface area contributed by atoms with Gasteiger partial charge in [0.15, 0.2) is 0 Å². The van der Waals surface area contributed by atoms with Crippen molar-refractivity contribution in [1.29, 1.82) is 0 Å². The van der Waals surface area contributed by atoms with E-state index in [2.05, 4.69) is 20.4 Å². The molecule has 1 atom stereocenters. The van der Waals surface area contributed by atoms with E-state index in [1.54, 1.807) is 4.90 Å². The molecule has 0 saturated carbocycles. The molecular formula is C23H32FN5O4. The van der Waals surface area contributed by atoms with E-state index in [4.69, 9.17) is 5.11 Å². The summed E-state index contributed by atoms with van der Waals surface area (Å²) in [5.74, 6) is -0.382. The van der Waals surface area contributed by atoms with Gasteiger partial charge in [0.2, 0.25) is 11.8 Å². The van der Waals surface area contributed by atoms with E-state index in [0.717, 1.165) is 51.3 Å². The molecule has 180 valence electrons. The van der Waals surface area contributed by atoms with Gasteiger partial charge in [0.1, 0.15) is 12.4 Å². The number of piperazine rings is 1. The highest BCUT2D eigenvalue weighted by molar-refractivity contribution is 5.86. The predicted octanol–water partition coefficient (Wildman–Crippen LogP) is 1.10. The molecule has 1 aromatic carbocycles. The first-order chi connectivity index (χ1) is 15.8. The van der Waals surface area contributed by atoms with Crippen LogP contribution in [0.15, 0.2) is 24.3 Å². The Balaban J connectivity index is 1.19. The number of carbonyl (C=O) groups is 3. The number of carboxylic acid groups (broad SMARTS) is 1. The SMILES string of the molecule is O=C(O)NCC(=O)N1CCC2(CC1)C[C@H](CCN1CCN(c3ccc(F)cc3)CC1)NC2=O. The number of likely N-dealkylation sites (tertiary alicyclic amines) is 1. The normalized spacial score (nSPS) is 22.9. The third-order valence-electron chi connectivity index (χ3n) is 7.28. The van der Waals surface area contributed by atoms with Crippen LogP contribution in [0.25, 0.3) is 0 Å². The first-order valence-electron chi connectivity index (χ1n) is 11.6. The molecule has 3 N–H and O–H groups in total. The van der Waals surface area contributed by atoms with Gasteiger partial charge in [0.25, 0.3) is 0 Å². The van der Waals surface area contributed by atoms with E-state index >= 15 is 0 Å². The van der Waals surface area contributed by atoms with Gasteiger partial charge >= 0.3 is 6.09 Å². The van der Waals surface area contributed by atoms with Gasteiger partial charge in [0.05, 0.1) is 5.41 Å². The number of nitrogens with one attached hydrogen (secondary N) is 2. The summed E-state index contributed by atoms with van der Waals surface area (Å²) in [6.07, 6.45) is 1.70. The van der Waals surface area contributed by atoms with Crippen molar-refractivity contribution in [2.75, 3.05) is 57.3 Å². The Morgan fingerprint density at radius 2 is 1.76 bits per heavy atom. The van der Waals surface area contributed by atoms with Crippen molar-refractivity contribution in [3.8, 4) is 0 Å². The van der Waals surface area contributed by atoms with E-state index in [-0.39, 0.29) is 30.2 Å². The minimum absolute atomic E-state index is 0.0874. The second-order valence-corrected chi connectivity index (χ2v) is 9.29. The summed E-state index contributed by atoms with van der Waals surface area (Å²) < 4.78 is 13.1. The van der Waals surface area contributed by atoms with Gasteiger partial charge in [-0.1, -0.05) is 0 Å². The monoisotopic (exact) mass is 461 g/mol. The van der Waals surface area contributed by atoms with E-state index in [9.17, 15) is 18.8 Å². The minimum Gasteiger partial charge on any atom is -0.465 e. The highest BCUT2D eigenvalue weighted by atomic mass is 19.1. The standard InChI is InChI=1S/C23H32FN5O4/c24-17-1-3-19(4-2-17)28-13-11-27(12-14-28)8-5-18-15-23(21(31)26-18)6-9-29(10-7-23)20(30)16-25-22(32)33/h1-4,18,25H,5-16H2,(H,26,31)(H,32,33)/t18-/m0/s1. The third kappa shape index (κ3) is 5.55. The van der Waals surface area contributed by atoms with Gasteiger partial charge in [-0.05, 0) is 49.9 Å². The van der Waals surface area contributed by atoms with E-state index in [1.807, 2.05) is 12.1 Å². The molecule has 0 aliphatic carbocycles. The molecule has 9 nitrogen and oxygen atoms in total. The highest BCUT2D eigenvalue weighted by Gasteiger charge is 2.48. The number of piperidine rings is 1. The second-order valence-electron chi connectivity index (χ2n) is 9.29. The molecule has 3 amide bonds. The van der Waals surface area contributed by atoms with Gasteiger partial charge in [-0.15, -0.1) is 0 Å². The number of amides is 3. The lowest BCUT2D eigenvalue weighted by molar-refractivity contribution is -0.137. The number of carbonyl (C=O) groups excluding carboxylic acids is 2. The number of hydrogen-bond acceptors (Lipinski definition) is 5. The van der Waals surface area contributed by atoms with E-state index in [1.165, 1.54) is 12.1 Å². The molecule has 0 unspecified atom stereocenters. The largest absolute Gasteiger partial charge is 0.465 e. The Bertz CT molecular complexity index is 864. The topological polar surface area (TPSA) is 105 Å². The van der Waals surface area contributed by atoms with Crippen LogP contribution in [0, 0.1) is 11.2 Å². The lowest BCUT2D eigenvalue weighted by atomic mass is 9.75. The lowest BCUT2D eigenvalue weighted by Gasteiger charge is -2.37. The Morgan fingerprint density at radius 3 is 2.39 bits per heavy atom. The van der Waals surface area contributed by atoms with Crippen LogP contribution in [-0.2, 0) is 9.59 Å². The molecular weight excluding hydrogens is 429 g/mol. The molecule has 0 radical (unpaired) electrons. The Kier molecular flexibility index (Phi) is 7.02. The summed E-state index contributed by atoms with van der Waals surface area (Å²) in [7, 11) is 0. The van der Waals surface area contributed by atoms with Crippen molar-refractivity contribution >= 4 is 23.6 Å². The maximum atomic E-state index is 13.1. The zero-order chi connectivity index (χ0) is 23.4. The fraction of sp³-hybridized carbons (Fsp3) is 0.609. The van der Waals surface area contributed by atoms with Crippen molar-refractivity contribution in [2.45, 2.75) is 31.7 Å². The summed E-state index contributed by atoms with van der Waals surface area (Å²) in [5.41, 5.74) is 0.632. The number of halogens is 1. The molecule has 3 heterocycles. The fourth-order valence-electron chi connectivity index (χ4n) is 5.23. The van der Waals surface area contributed by atoms with Crippen molar-refractivity contribution in [2.24, 2.45) is 5.41 Å². The van der Waals surface area contributed by atoms with Gasteiger partial charge in [-0.25, -0.2) is 9.18 Å². The quantitative estimate of drug-likeness (QED) is 0.586. The van der Waals surface area contributed by atoms with Crippen LogP contribution in [0.2, 0.25) is 0 Å². The summed E-state index contributed by atoms with van der Waals surface area (Å²) in [5, 5.41) is 13.9. The Labute approximate surface area is 192 Å². The van der Waals surface area contributed by atoms with Gasteiger partial charge < -0.3 is 25.5 Å². The zero-order valence-electron chi connectivity index (χ0n) is 18.8. The molecule has 0 aromatic heterocycles. The zero-order valence-corrected chi connectivity index (χ0v) is 18.8. The van der Waals surface area contributed by atoms with Crippen LogP contribution in [-0.4, -0.2) is 91.2 Å². The van der Waals surface area contributed by atoms with E-state index in [0.29, 0.717) is 25.9 Å². The second kappa shape index (κ2) is 9.94. The fourth-order valence-corrected chi connectivity index (χ4v) is 5.23. The van der Waals surface area contributed by atoms with Crippen LogP contribution in [0.5, 0.6) is 0 Å². The lowest BCUT2D eigenvalue weighted by Crippen LogP contribution is -2.48. The first kappa shape index (κ1) is 23.3. The number of hydrogen-bond donors (Lipinski definition) is 3. The molecule has 3 aliphatic rings. The van der Waals surface area contributed by atoms with Crippen molar-refractivity contribution in [3.05, 3.63) is 30.1 Å². The molecule has 3 aliphatic heterocycles. The molecule has 0 bridgehead atoms. The summed E-state index contributed by atoms with van der Waals surface area (Å²) in [6.45, 7) is 5.31. The average Bonchev–Trinajstić information content (AvgIpc) is 3.12. The number of benzene rings is 1. The molecule has 1 spiro atoms. The summed E-state index contributed by atoms with van der Waals surface area (Å²) in [6, 6.07) is 6.77. The van der Waals surface area contributed by atoms with Gasteiger partial charge in [-0.2, -0.15) is 0 Å². The first-order valence-corrected chi connectivity index (χ1v) is 11.6. The molecule has 3 fully saturated rings. The smallest absolute Gasteiger partial charge is 0.405 e. The minimum atomic E-state index is -1.22. The van der Waals surface area contributed by atoms with Crippen molar-refractivity contribution in [3.63, 3.8) is 0 Å². The maximum absolute atomic E-state index is 13.1. The third-order valence-corrected chi connectivity index (χ3v) is 7.28. The van der Waals surface area contributed by atoms with Gasteiger partial charge in [-0.3, -0.25) is 14.5 Å². The molecule has 10 heteroatoms. The number of nitrogens with zero attached hydrogens (tertiary/aromatic N) is 3. The molecule has 33 heavy (non-hydrogen) atoms. The van der Waals surface area contributed by atoms with Crippen molar-refractivity contribution < 1.29 is 23.9 Å². The average molecular weight is 462 g/mol. The van der Waals surface area contributed by atoms with Crippen LogP contribution in [0.1, 0.15) is 25.7 Å². The van der Waals surface area contributed by atoms with Crippen LogP contribution in [0.3, 0.4) is 0 Å². The predicted molar refractivity (Wildman–Crippen MR) is 120 cm³/mol.